The molecule has 30 heavy (non-hydrogen) atoms. The first-order valence-electron chi connectivity index (χ1n) is 11.7. The van der Waals surface area contributed by atoms with Crippen molar-refractivity contribution in [3.05, 3.63) is 29.8 Å². The van der Waals surface area contributed by atoms with E-state index >= 15 is 0 Å². The molecule has 0 spiro atoms. The van der Waals surface area contributed by atoms with E-state index in [1.54, 1.807) is 0 Å². The molecular formula is C25H38N2O2S. The van der Waals surface area contributed by atoms with Crippen molar-refractivity contribution in [1.29, 1.82) is 0 Å². The van der Waals surface area contributed by atoms with E-state index in [1.807, 2.05) is 24.3 Å². The molecule has 2 saturated carbocycles. The predicted octanol–water partition coefficient (Wildman–Crippen LogP) is 5.27. The van der Waals surface area contributed by atoms with Gasteiger partial charge in [0.2, 0.25) is 5.91 Å². The summed E-state index contributed by atoms with van der Waals surface area (Å²) in [5.41, 5.74) is 0.660. The number of carbonyl (C=O) groups is 2. The number of thioether (sulfide) groups is 1. The zero-order valence-corrected chi connectivity index (χ0v) is 19.8. The molecule has 3 rings (SSSR count). The summed E-state index contributed by atoms with van der Waals surface area (Å²) >= 11 is 1.46. The lowest BCUT2D eigenvalue weighted by molar-refractivity contribution is -0.119. The monoisotopic (exact) mass is 430 g/mol. The van der Waals surface area contributed by atoms with E-state index in [9.17, 15) is 9.59 Å². The first-order chi connectivity index (χ1) is 14.3. The van der Waals surface area contributed by atoms with Crippen molar-refractivity contribution < 1.29 is 9.59 Å². The maximum atomic E-state index is 12.8. The maximum Gasteiger partial charge on any atom is 0.252 e. The summed E-state index contributed by atoms with van der Waals surface area (Å²) in [5.74, 6) is 3.33. The third-order valence-corrected chi connectivity index (χ3v) is 7.94. The summed E-state index contributed by atoms with van der Waals surface area (Å²) in [6, 6.07) is 7.98. The average molecular weight is 431 g/mol. The lowest BCUT2D eigenvalue weighted by atomic mass is 9.84. The summed E-state index contributed by atoms with van der Waals surface area (Å²) in [7, 11) is 0. The molecule has 0 unspecified atom stereocenters. The fourth-order valence-electron chi connectivity index (χ4n) is 5.19. The van der Waals surface area contributed by atoms with E-state index in [1.165, 1.54) is 37.4 Å². The lowest BCUT2D eigenvalue weighted by Crippen LogP contribution is -2.41. The van der Waals surface area contributed by atoms with Gasteiger partial charge in [-0.05, 0) is 81.8 Å². The highest BCUT2D eigenvalue weighted by Crippen LogP contribution is 2.49. The Bertz CT molecular complexity index is 736. The van der Waals surface area contributed by atoms with E-state index in [0.29, 0.717) is 23.2 Å². The molecule has 2 bridgehead atoms. The molecule has 1 aromatic rings. The van der Waals surface area contributed by atoms with E-state index < -0.39 is 0 Å². The molecule has 166 valence electrons. The van der Waals surface area contributed by atoms with Gasteiger partial charge in [0.25, 0.3) is 5.91 Å². The summed E-state index contributed by atoms with van der Waals surface area (Å²) in [4.78, 5) is 26.2. The topological polar surface area (TPSA) is 58.2 Å². The Morgan fingerprint density at radius 2 is 1.80 bits per heavy atom. The number of amides is 2. The summed E-state index contributed by atoms with van der Waals surface area (Å²) in [5, 5.41) is 6.34. The second-order valence-electron chi connectivity index (χ2n) is 9.83. The van der Waals surface area contributed by atoms with Crippen molar-refractivity contribution in [3.63, 3.8) is 0 Å². The lowest BCUT2D eigenvalue weighted by Gasteiger charge is -2.28. The fourth-order valence-corrected chi connectivity index (χ4v) is 6.05. The van der Waals surface area contributed by atoms with E-state index in [0.717, 1.165) is 29.6 Å². The van der Waals surface area contributed by atoms with Gasteiger partial charge in [0.1, 0.15) is 0 Å². The zero-order chi connectivity index (χ0) is 21.7. The minimum Gasteiger partial charge on any atom is -0.353 e. The van der Waals surface area contributed by atoms with Crippen molar-refractivity contribution in [3.8, 4) is 0 Å². The van der Waals surface area contributed by atoms with Crippen LogP contribution in [-0.4, -0.2) is 29.7 Å². The van der Waals surface area contributed by atoms with Gasteiger partial charge in [0, 0.05) is 17.0 Å². The van der Waals surface area contributed by atoms with Gasteiger partial charge in [-0.15, -0.1) is 11.8 Å². The summed E-state index contributed by atoms with van der Waals surface area (Å²) < 4.78 is 0. The second kappa shape index (κ2) is 10.7. The van der Waals surface area contributed by atoms with Gasteiger partial charge < -0.3 is 10.6 Å². The molecule has 4 nitrogen and oxygen atoms in total. The second-order valence-corrected chi connectivity index (χ2v) is 10.8. The smallest absolute Gasteiger partial charge is 0.252 e. The molecule has 0 heterocycles. The molecule has 2 fully saturated rings. The molecule has 1 aromatic carbocycles. The van der Waals surface area contributed by atoms with Crippen LogP contribution in [0, 0.1) is 23.7 Å². The highest BCUT2D eigenvalue weighted by Gasteiger charge is 2.42. The average Bonchev–Trinajstić information content (AvgIpc) is 3.34. The Hall–Kier alpha value is -1.49. The highest BCUT2D eigenvalue weighted by molar-refractivity contribution is 8.00. The zero-order valence-electron chi connectivity index (χ0n) is 18.9. The molecule has 2 N–H and O–H groups in total. The van der Waals surface area contributed by atoms with Crippen LogP contribution in [0.1, 0.15) is 76.6 Å². The van der Waals surface area contributed by atoms with E-state index in [4.69, 9.17) is 0 Å². The van der Waals surface area contributed by atoms with E-state index in [-0.39, 0.29) is 23.9 Å². The van der Waals surface area contributed by atoms with Gasteiger partial charge in [-0.1, -0.05) is 32.4 Å². The first-order valence-corrected chi connectivity index (χ1v) is 12.6. The van der Waals surface area contributed by atoms with Crippen LogP contribution in [0.2, 0.25) is 0 Å². The largest absolute Gasteiger partial charge is 0.353 e. The molecule has 2 amide bonds. The SMILES string of the molecule is CC(C)CC[C@H](C)NC(=O)c1ccccc1SCC(=O)N[C@@H](C)[C@H]1C[C@H]2CC[C@H]1C2. The number of benzene rings is 1. The predicted molar refractivity (Wildman–Crippen MR) is 125 cm³/mol. The molecule has 5 heteroatoms. The molecule has 0 aromatic heterocycles. The molecule has 2 aliphatic rings. The van der Waals surface area contributed by atoms with Crippen LogP contribution < -0.4 is 10.6 Å². The van der Waals surface area contributed by atoms with E-state index in [2.05, 4.69) is 38.3 Å². The molecule has 0 radical (unpaired) electrons. The number of rotatable bonds is 10. The van der Waals surface area contributed by atoms with Crippen molar-refractivity contribution in [2.75, 3.05) is 5.75 Å². The van der Waals surface area contributed by atoms with Crippen LogP contribution in [-0.2, 0) is 4.79 Å². The number of fused-ring (bicyclic) bond motifs is 2. The number of hydrogen-bond acceptors (Lipinski definition) is 3. The molecule has 0 aliphatic heterocycles. The minimum atomic E-state index is -0.0508. The Morgan fingerprint density at radius 3 is 2.47 bits per heavy atom. The summed E-state index contributed by atoms with van der Waals surface area (Å²) in [6.45, 7) is 8.61. The van der Waals surface area contributed by atoms with Crippen LogP contribution >= 0.6 is 11.8 Å². The van der Waals surface area contributed by atoms with Crippen LogP contribution in [0.4, 0.5) is 0 Å². The van der Waals surface area contributed by atoms with Crippen LogP contribution in [0.15, 0.2) is 29.2 Å². The number of nitrogens with one attached hydrogen (secondary N) is 2. The third-order valence-electron chi connectivity index (χ3n) is 6.87. The van der Waals surface area contributed by atoms with Crippen LogP contribution in [0.25, 0.3) is 0 Å². The molecular weight excluding hydrogens is 392 g/mol. The molecule has 0 saturated heterocycles. The van der Waals surface area contributed by atoms with Gasteiger partial charge in [0.15, 0.2) is 0 Å². The molecule has 2 aliphatic carbocycles. The van der Waals surface area contributed by atoms with Gasteiger partial charge >= 0.3 is 0 Å². The Balaban J connectivity index is 1.49. The van der Waals surface area contributed by atoms with Gasteiger partial charge in [0.05, 0.1) is 11.3 Å². The first kappa shape index (κ1) is 23.2. The number of hydrogen-bond donors (Lipinski definition) is 2. The maximum absolute atomic E-state index is 12.8. The van der Waals surface area contributed by atoms with Crippen molar-refractivity contribution in [2.45, 2.75) is 83.2 Å². The van der Waals surface area contributed by atoms with Crippen LogP contribution in [0.3, 0.4) is 0 Å². The standard InChI is InChI=1S/C25H38N2O2S/c1-16(2)9-10-17(3)26-25(29)21-7-5-6-8-23(21)30-15-24(28)27-18(4)22-14-19-11-12-20(22)13-19/h5-8,16-20,22H,9-15H2,1-4H3,(H,26,29)(H,27,28)/t17-,18-,19-,20-,22+/m0/s1. The van der Waals surface area contributed by atoms with Crippen molar-refractivity contribution in [2.24, 2.45) is 23.7 Å². The van der Waals surface area contributed by atoms with Crippen molar-refractivity contribution in [1.82, 2.24) is 10.6 Å². The fraction of sp³-hybridized carbons (Fsp3) is 0.680. The minimum absolute atomic E-state index is 0.0508. The third kappa shape index (κ3) is 6.26. The van der Waals surface area contributed by atoms with Gasteiger partial charge in [-0.3, -0.25) is 9.59 Å². The van der Waals surface area contributed by atoms with Gasteiger partial charge in [-0.2, -0.15) is 0 Å². The summed E-state index contributed by atoms with van der Waals surface area (Å²) in [6.07, 6.45) is 7.42. The van der Waals surface area contributed by atoms with Crippen LogP contribution in [0.5, 0.6) is 0 Å². The quantitative estimate of drug-likeness (QED) is 0.497. The highest BCUT2D eigenvalue weighted by atomic mass is 32.2. The Morgan fingerprint density at radius 1 is 1.03 bits per heavy atom. The number of carbonyl (C=O) groups excluding carboxylic acids is 2. The Labute approximate surface area is 186 Å². The molecule has 5 atom stereocenters. The van der Waals surface area contributed by atoms with Gasteiger partial charge in [-0.25, -0.2) is 0 Å². The Kier molecular flexibility index (Phi) is 8.27. The van der Waals surface area contributed by atoms with Crippen molar-refractivity contribution >= 4 is 23.6 Å². The normalized spacial score (nSPS) is 24.6.